The summed E-state index contributed by atoms with van der Waals surface area (Å²) in [6, 6.07) is 8.14. The van der Waals surface area contributed by atoms with E-state index in [0.29, 0.717) is 5.56 Å². The fourth-order valence-electron chi connectivity index (χ4n) is 1.64. The molecule has 0 saturated carbocycles. The van der Waals surface area contributed by atoms with Crippen LogP contribution >= 0.6 is 0 Å². The fraction of sp³-hybridized carbons (Fsp3) is 0.143. The summed E-state index contributed by atoms with van der Waals surface area (Å²) in [5.41, 5.74) is 0.552. The predicted molar refractivity (Wildman–Crippen MR) is 69.4 cm³/mol. The SMILES string of the molecule is N#Cc1ccc(F)c(CNc2ccc(OC(F)(F)F)cn2)c1. The number of pyridine rings is 1. The highest BCUT2D eigenvalue weighted by atomic mass is 19.4. The number of hydrogen-bond donors (Lipinski definition) is 1. The number of benzene rings is 1. The molecular formula is C14H9F4N3O. The van der Waals surface area contributed by atoms with Gasteiger partial charge in [0.2, 0.25) is 0 Å². The maximum Gasteiger partial charge on any atom is 0.573 e. The maximum atomic E-state index is 13.5. The molecule has 8 heteroatoms. The molecule has 0 aliphatic heterocycles. The number of anilines is 1. The van der Waals surface area contributed by atoms with Crippen LogP contribution in [0.15, 0.2) is 36.5 Å². The van der Waals surface area contributed by atoms with E-state index in [4.69, 9.17) is 5.26 Å². The van der Waals surface area contributed by atoms with Crippen LogP contribution in [0.5, 0.6) is 5.75 Å². The van der Waals surface area contributed by atoms with Gasteiger partial charge in [0.25, 0.3) is 0 Å². The standard InChI is InChI=1S/C14H9F4N3O/c15-12-3-1-9(6-19)5-10(12)7-20-13-4-2-11(8-21-13)22-14(16,17)18/h1-5,8H,7H2,(H,20,21). The van der Waals surface area contributed by atoms with E-state index in [1.807, 2.05) is 6.07 Å². The molecule has 114 valence electrons. The van der Waals surface area contributed by atoms with Gasteiger partial charge in [-0.15, -0.1) is 13.2 Å². The Labute approximate surface area is 123 Å². The van der Waals surface area contributed by atoms with Gasteiger partial charge in [-0.05, 0) is 30.3 Å². The molecule has 1 heterocycles. The minimum absolute atomic E-state index is 0.0355. The van der Waals surface area contributed by atoms with Crippen LogP contribution in [0, 0.1) is 17.1 Å². The largest absolute Gasteiger partial charge is 0.573 e. The monoisotopic (exact) mass is 311 g/mol. The zero-order valence-corrected chi connectivity index (χ0v) is 11.0. The van der Waals surface area contributed by atoms with Gasteiger partial charge in [-0.1, -0.05) is 0 Å². The Bertz CT molecular complexity index is 693. The van der Waals surface area contributed by atoms with Gasteiger partial charge in [0.1, 0.15) is 17.4 Å². The van der Waals surface area contributed by atoms with Crippen LogP contribution < -0.4 is 10.1 Å². The third-order valence-electron chi connectivity index (χ3n) is 2.60. The van der Waals surface area contributed by atoms with Crippen molar-refractivity contribution in [3.05, 3.63) is 53.5 Å². The molecule has 2 rings (SSSR count). The highest BCUT2D eigenvalue weighted by Crippen LogP contribution is 2.22. The Balaban J connectivity index is 2.02. The van der Waals surface area contributed by atoms with Gasteiger partial charge in [-0.2, -0.15) is 5.26 Å². The quantitative estimate of drug-likeness (QED) is 0.877. The second kappa shape index (κ2) is 6.30. The summed E-state index contributed by atoms with van der Waals surface area (Å²) >= 11 is 0. The molecule has 1 aromatic carbocycles. The first-order chi connectivity index (χ1) is 10.4. The molecule has 0 aliphatic carbocycles. The van der Waals surface area contributed by atoms with Crippen molar-refractivity contribution in [1.82, 2.24) is 4.98 Å². The third kappa shape index (κ3) is 4.34. The number of alkyl halides is 3. The van der Waals surface area contributed by atoms with Crippen molar-refractivity contribution >= 4 is 5.82 Å². The van der Waals surface area contributed by atoms with Crippen LogP contribution in [0.3, 0.4) is 0 Å². The number of ether oxygens (including phenoxy) is 1. The molecule has 0 bridgehead atoms. The van der Waals surface area contributed by atoms with Crippen molar-refractivity contribution in [3.8, 4) is 11.8 Å². The lowest BCUT2D eigenvalue weighted by Gasteiger charge is -2.10. The molecule has 0 atom stereocenters. The molecule has 0 spiro atoms. The van der Waals surface area contributed by atoms with E-state index in [9.17, 15) is 17.6 Å². The average Bonchev–Trinajstić information content (AvgIpc) is 2.46. The minimum Gasteiger partial charge on any atom is -0.404 e. The lowest BCUT2D eigenvalue weighted by molar-refractivity contribution is -0.274. The first kappa shape index (κ1) is 15.6. The average molecular weight is 311 g/mol. The molecule has 1 N–H and O–H groups in total. The first-order valence-corrected chi connectivity index (χ1v) is 6.01. The number of hydrogen-bond acceptors (Lipinski definition) is 4. The van der Waals surface area contributed by atoms with Crippen LogP contribution in [0.2, 0.25) is 0 Å². The maximum absolute atomic E-state index is 13.5. The smallest absolute Gasteiger partial charge is 0.404 e. The van der Waals surface area contributed by atoms with Crippen molar-refractivity contribution in [2.45, 2.75) is 12.9 Å². The molecule has 0 saturated heterocycles. The van der Waals surface area contributed by atoms with Gasteiger partial charge in [-0.25, -0.2) is 9.37 Å². The van der Waals surface area contributed by atoms with E-state index in [1.165, 1.54) is 24.3 Å². The van der Waals surface area contributed by atoms with Crippen molar-refractivity contribution in [3.63, 3.8) is 0 Å². The topological polar surface area (TPSA) is 57.9 Å². The van der Waals surface area contributed by atoms with Gasteiger partial charge in [0.15, 0.2) is 0 Å². The highest BCUT2D eigenvalue weighted by Gasteiger charge is 2.31. The van der Waals surface area contributed by atoms with Gasteiger partial charge in [0, 0.05) is 12.1 Å². The summed E-state index contributed by atoms with van der Waals surface area (Å²) < 4.78 is 53.2. The molecule has 22 heavy (non-hydrogen) atoms. The van der Waals surface area contributed by atoms with Crippen molar-refractivity contribution in [1.29, 1.82) is 5.26 Å². The van der Waals surface area contributed by atoms with Crippen LogP contribution in [-0.2, 0) is 6.54 Å². The molecule has 0 radical (unpaired) electrons. The van der Waals surface area contributed by atoms with Crippen LogP contribution in [0.4, 0.5) is 23.4 Å². The minimum atomic E-state index is -4.78. The lowest BCUT2D eigenvalue weighted by atomic mass is 10.1. The predicted octanol–water partition coefficient (Wildman–Crippen LogP) is 3.60. The van der Waals surface area contributed by atoms with E-state index in [0.717, 1.165) is 12.3 Å². The van der Waals surface area contributed by atoms with Crippen molar-refractivity contribution < 1.29 is 22.3 Å². The highest BCUT2D eigenvalue weighted by molar-refractivity contribution is 5.40. The zero-order valence-electron chi connectivity index (χ0n) is 11.0. The Morgan fingerprint density at radius 3 is 2.59 bits per heavy atom. The van der Waals surface area contributed by atoms with Crippen LogP contribution in [0.1, 0.15) is 11.1 Å². The Hall–Kier alpha value is -2.82. The van der Waals surface area contributed by atoms with Gasteiger partial charge in [-0.3, -0.25) is 0 Å². The summed E-state index contributed by atoms with van der Waals surface area (Å²) in [7, 11) is 0. The summed E-state index contributed by atoms with van der Waals surface area (Å²) in [5.74, 6) is -0.699. The summed E-state index contributed by atoms with van der Waals surface area (Å²) in [6.45, 7) is 0.0355. The van der Waals surface area contributed by atoms with E-state index >= 15 is 0 Å². The van der Waals surface area contributed by atoms with E-state index in [-0.39, 0.29) is 17.9 Å². The number of rotatable bonds is 4. The Morgan fingerprint density at radius 1 is 1.23 bits per heavy atom. The Kier molecular flexibility index (Phi) is 4.46. The molecule has 1 aromatic heterocycles. The lowest BCUT2D eigenvalue weighted by Crippen LogP contribution is -2.17. The zero-order chi connectivity index (χ0) is 16.2. The molecular weight excluding hydrogens is 302 g/mol. The van der Waals surface area contributed by atoms with Crippen LogP contribution in [-0.4, -0.2) is 11.3 Å². The van der Waals surface area contributed by atoms with E-state index in [1.54, 1.807) is 0 Å². The molecule has 2 aromatic rings. The normalized spacial score (nSPS) is 10.9. The summed E-state index contributed by atoms with van der Waals surface area (Å²) in [4.78, 5) is 3.73. The first-order valence-electron chi connectivity index (χ1n) is 6.01. The van der Waals surface area contributed by atoms with Crippen molar-refractivity contribution in [2.24, 2.45) is 0 Å². The van der Waals surface area contributed by atoms with Gasteiger partial charge < -0.3 is 10.1 Å². The second-order valence-corrected chi connectivity index (χ2v) is 4.20. The number of nitrogens with one attached hydrogen (secondary N) is 1. The number of halogens is 4. The molecule has 0 unspecified atom stereocenters. The fourth-order valence-corrected chi connectivity index (χ4v) is 1.64. The molecule has 0 fully saturated rings. The third-order valence-corrected chi connectivity index (χ3v) is 2.60. The number of aromatic nitrogens is 1. The van der Waals surface area contributed by atoms with Gasteiger partial charge >= 0.3 is 6.36 Å². The molecule has 0 aliphatic rings. The van der Waals surface area contributed by atoms with Gasteiger partial charge in [0.05, 0.1) is 17.8 Å². The molecule has 4 nitrogen and oxygen atoms in total. The number of nitrogens with zero attached hydrogens (tertiary/aromatic N) is 2. The summed E-state index contributed by atoms with van der Waals surface area (Å²) in [5, 5.41) is 11.5. The van der Waals surface area contributed by atoms with E-state index < -0.39 is 17.9 Å². The summed E-state index contributed by atoms with van der Waals surface area (Å²) in [6.07, 6.45) is -3.88. The van der Waals surface area contributed by atoms with Crippen molar-refractivity contribution in [2.75, 3.05) is 5.32 Å². The number of nitriles is 1. The van der Waals surface area contributed by atoms with Crippen LogP contribution in [0.25, 0.3) is 0 Å². The Morgan fingerprint density at radius 2 is 2.00 bits per heavy atom. The van der Waals surface area contributed by atoms with E-state index in [2.05, 4.69) is 15.0 Å². The molecule has 0 amide bonds. The second-order valence-electron chi connectivity index (χ2n) is 4.20.